The second kappa shape index (κ2) is 7.32. The summed E-state index contributed by atoms with van der Waals surface area (Å²) in [4.78, 5) is 22.6. The number of halogens is 1. The third kappa shape index (κ3) is 4.92. The first-order valence-corrected chi connectivity index (χ1v) is 5.53. The molecule has 0 radical (unpaired) electrons. The van der Waals surface area contributed by atoms with Gasteiger partial charge in [-0.3, -0.25) is 20.4 Å². The molecular weight excluding hydrogens is 255 g/mol. The normalized spacial score (nSPS) is 11.5. The average Bonchev–Trinajstić information content (AvgIpc) is 2.39. The predicted molar refractivity (Wildman–Crippen MR) is 64.7 cm³/mol. The first kappa shape index (κ1) is 14.9. The summed E-state index contributed by atoms with van der Waals surface area (Å²) < 4.78 is 23.0. The fourth-order valence-electron chi connectivity index (χ4n) is 1.18. The molecule has 0 heterocycles. The molecule has 104 valence electrons. The summed E-state index contributed by atoms with van der Waals surface area (Å²) >= 11 is 0. The van der Waals surface area contributed by atoms with Gasteiger partial charge in [-0.2, -0.15) is 0 Å². The van der Waals surface area contributed by atoms with Crippen molar-refractivity contribution in [2.24, 2.45) is 0 Å². The molecule has 1 atom stereocenters. The number of amides is 2. The van der Waals surface area contributed by atoms with E-state index in [2.05, 4.69) is 15.6 Å². The van der Waals surface area contributed by atoms with Gasteiger partial charge < -0.3 is 9.47 Å². The summed E-state index contributed by atoms with van der Waals surface area (Å²) in [6.07, 6.45) is -0.959. The zero-order valence-electron chi connectivity index (χ0n) is 10.6. The molecule has 0 aromatic heterocycles. The molecule has 0 aliphatic heterocycles. The number of carbonyl (C=O) groups is 2. The van der Waals surface area contributed by atoms with Gasteiger partial charge in [-0.25, -0.2) is 4.39 Å². The van der Waals surface area contributed by atoms with E-state index in [1.165, 1.54) is 32.2 Å². The third-order valence-corrected chi connectivity index (χ3v) is 2.11. The zero-order valence-corrected chi connectivity index (χ0v) is 10.6. The van der Waals surface area contributed by atoms with Crippen LogP contribution in [-0.4, -0.2) is 31.6 Å². The van der Waals surface area contributed by atoms with Crippen molar-refractivity contribution in [3.05, 3.63) is 30.1 Å². The minimum atomic E-state index is -0.959. The maximum absolute atomic E-state index is 13.3. The molecule has 0 spiro atoms. The van der Waals surface area contributed by atoms with Crippen molar-refractivity contribution in [2.45, 2.75) is 13.0 Å². The number of hydrogen-bond acceptors (Lipinski definition) is 4. The van der Waals surface area contributed by atoms with Gasteiger partial charge in [0.1, 0.15) is 6.61 Å². The summed E-state index contributed by atoms with van der Waals surface area (Å²) in [7, 11) is 1.35. The molecule has 0 saturated heterocycles. The number of carbonyl (C=O) groups excluding carboxylic acids is 2. The lowest BCUT2D eigenvalue weighted by atomic mass is 10.3. The van der Waals surface area contributed by atoms with Crippen LogP contribution in [0.4, 0.5) is 4.39 Å². The van der Waals surface area contributed by atoms with Crippen molar-refractivity contribution in [1.29, 1.82) is 0 Å². The highest BCUT2D eigenvalue weighted by Crippen LogP contribution is 2.16. The van der Waals surface area contributed by atoms with Crippen LogP contribution in [-0.2, 0) is 14.3 Å². The lowest BCUT2D eigenvalue weighted by molar-refractivity contribution is -0.134. The average molecular weight is 270 g/mol. The summed E-state index contributed by atoms with van der Waals surface area (Å²) in [6.45, 7) is 1.26. The van der Waals surface area contributed by atoms with E-state index in [1.54, 1.807) is 6.07 Å². The molecule has 1 unspecified atom stereocenters. The van der Waals surface area contributed by atoms with Gasteiger partial charge in [-0.15, -0.1) is 0 Å². The number of nitrogens with one attached hydrogen (secondary N) is 2. The monoisotopic (exact) mass is 270 g/mol. The van der Waals surface area contributed by atoms with Gasteiger partial charge in [-0.05, 0) is 19.1 Å². The van der Waals surface area contributed by atoms with Gasteiger partial charge in [0.15, 0.2) is 17.7 Å². The number of hydrogen-bond donors (Lipinski definition) is 2. The zero-order chi connectivity index (χ0) is 14.3. The maximum atomic E-state index is 13.3. The quantitative estimate of drug-likeness (QED) is 0.759. The lowest BCUT2D eigenvalue weighted by Gasteiger charge is -2.15. The third-order valence-electron chi connectivity index (χ3n) is 2.11. The molecule has 2 N–H and O–H groups in total. The summed E-state index contributed by atoms with van der Waals surface area (Å²) in [5.74, 6) is -1.71. The number of benzene rings is 1. The fraction of sp³-hybridized carbons (Fsp3) is 0.333. The van der Waals surface area contributed by atoms with Crippen molar-refractivity contribution in [3.8, 4) is 5.75 Å². The van der Waals surface area contributed by atoms with E-state index in [1.807, 2.05) is 0 Å². The molecule has 0 saturated carbocycles. The molecule has 0 bridgehead atoms. The highest BCUT2D eigenvalue weighted by molar-refractivity contribution is 5.84. The summed E-state index contributed by atoms with van der Waals surface area (Å²) in [5, 5.41) is 0. The van der Waals surface area contributed by atoms with Crippen LogP contribution in [0.3, 0.4) is 0 Å². The first-order chi connectivity index (χ1) is 9.04. The van der Waals surface area contributed by atoms with Gasteiger partial charge in [-0.1, -0.05) is 12.1 Å². The highest BCUT2D eigenvalue weighted by Gasteiger charge is 2.16. The number of hydrazine groups is 1. The molecular formula is C12H15FN2O4. The lowest BCUT2D eigenvalue weighted by Crippen LogP contribution is -2.48. The second-order valence-electron chi connectivity index (χ2n) is 3.66. The smallest absolute Gasteiger partial charge is 0.279 e. The van der Waals surface area contributed by atoms with Gasteiger partial charge in [0.05, 0.1) is 0 Å². The molecule has 0 aliphatic carbocycles. The van der Waals surface area contributed by atoms with Crippen LogP contribution in [0.2, 0.25) is 0 Å². The molecule has 0 aliphatic rings. The number of ether oxygens (including phenoxy) is 2. The SMILES string of the molecule is COCC(=O)NNC(=O)C(C)Oc1ccccc1F. The van der Waals surface area contributed by atoms with Gasteiger partial charge in [0, 0.05) is 7.11 Å². The Morgan fingerprint density at radius 1 is 1.32 bits per heavy atom. The second-order valence-corrected chi connectivity index (χ2v) is 3.66. The summed E-state index contributed by atoms with van der Waals surface area (Å²) in [5.41, 5.74) is 4.27. The molecule has 7 heteroatoms. The minimum Gasteiger partial charge on any atom is -0.478 e. The standard InChI is InChI=1S/C12H15FN2O4/c1-8(12(17)15-14-11(16)7-18-2)19-10-6-4-3-5-9(10)13/h3-6,8H,7H2,1-2H3,(H,14,16)(H,15,17). The number of methoxy groups -OCH3 is 1. The fourth-order valence-corrected chi connectivity index (χ4v) is 1.18. The van der Waals surface area contributed by atoms with Crippen LogP contribution < -0.4 is 15.6 Å². The Labute approximate surface area is 109 Å². The van der Waals surface area contributed by atoms with Crippen molar-refractivity contribution in [3.63, 3.8) is 0 Å². The Bertz CT molecular complexity index is 453. The van der Waals surface area contributed by atoms with Crippen LogP contribution in [0.1, 0.15) is 6.92 Å². The number of rotatable bonds is 5. The molecule has 2 amide bonds. The molecule has 1 aromatic carbocycles. The Balaban J connectivity index is 2.45. The van der Waals surface area contributed by atoms with E-state index in [0.717, 1.165) is 0 Å². The van der Waals surface area contributed by atoms with Crippen molar-refractivity contribution < 1.29 is 23.5 Å². The van der Waals surface area contributed by atoms with Crippen LogP contribution in [0.5, 0.6) is 5.75 Å². The predicted octanol–water partition coefficient (Wildman–Crippen LogP) is 0.387. The Morgan fingerprint density at radius 2 is 2.00 bits per heavy atom. The van der Waals surface area contributed by atoms with E-state index in [4.69, 9.17) is 4.74 Å². The minimum absolute atomic E-state index is 0.0339. The van der Waals surface area contributed by atoms with Crippen molar-refractivity contribution in [1.82, 2.24) is 10.9 Å². The Hall–Kier alpha value is -2.15. The van der Waals surface area contributed by atoms with Crippen molar-refractivity contribution >= 4 is 11.8 Å². The molecule has 6 nitrogen and oxygen atoms in total. The largest absolute Gasteiger partial charge is 0.478 e. The highest BCUT2D eigenvalue weighted by atomic mass is 19.1. The molecule has 19 heavy (non-hydrogen) atoms. The van der Waals surface area contributed by atoms with E-state index in [9.17, 15) is 14.0 Å². The Morgan fingerprint density at radius 3 is 2.63 bits per heavy atom. The van der Waals surface area contributed by atoms with E-state index in [-0.39, 0.29) is 12.4 Å². The number of para-hydroxylation sites is 1. The van der Waals surface area contributed by atoms with Crippen LogP contribution in [0.15, 0.2) is 24.3 Å². The molecule has 0 fully saturated rings. The maximum Gasteiger partial charge on any atom is 0.279 e. The van der Waals surface area contributed by atoms with E-state index < -0.39 is 23.7 Å². The van der Waals surface area contributed by atoms with Gasteiger partial charge in [0.2, 0.25) is 0 Å². The van der Waals surface area contributed by atoms with Gasteiger partial charge in [0.25, 0.3) is 11.8 Å². The molecule has 1 rings (SSSR count). The summed E-state index contributed by atoms with van der Waals surface area (Å²) in [6, 6.07) is 5.73. The van der Waals surface area contributed by atoms with Crippen LogP contribution in [0.25, 0.3) is 0 Å². The van der Waals surface area contributed by atoms with Gasteiger partial charge >= 0.3 is 0 Å². The van der Waals surface area contributed by atoms with E-state index >= 15 is 0 Å². The van der Waals surface area contributed by atoms with Crippen LogP contribution >= 0.6 is 0 Å². The van der Waals surface area contributed by atoms with Crippen molar-refractivity contribution in [2.75, 3.05) is 13.7 Å². The van der Waals surface area contributed by atoms with Crippen LogP contribution in [0, 0.1) is 5.82 Å². The topological polar surface area (TPSA) is 76.7 Å². The van der Waals surface area contributed by atoms with E-state index in [0.29, 0.717) is 0 Å². The first-order valence-electron chi connectivity index (χ1n) is 5.53. The Kier molecular flexibility index (Phi) is 5.74. The molecule has 1 aromatic rings.